The van der Waals surface area contributed by atoms with Gasteiger partial charge in [0.05, 0.1) is 4.88 Å². The summed E-state index contributed by atoms with van der Waals surface area (Å²) in [6.07, 6.45) is 2.89. The minimum Gasteiger partial charge on any atom is -0.339 e. The molecule has 0 amide bonds. The van der Waals surface area contributed by atoms with Crippen molar-refractivity contribution in [2.75, 3.05) is 26.7 Å². The van der Waals surface area contributed by atoms with Crippen LogP contribution in [-0.4, -0.2) is 41.7 Å². The van der Waals surface area contributed by atoms with Crippen molar-refractivity contribution in [3.63, 3.8) is 0 Å². The smallest absolute Gasteiger partial charge is 0.227 e. The Morgan fingerprint density at radius 2 is 2.21 bits per heavy atom. The number of hydrogen-bond donors (Lipinski definition) is 1. The molecule has 0 spiro atoms. The van der Waals surface area contributed by atoms with E-state index in [1.54, 1.807) is 11.3 Å². The van der Waals surface area contributed by atoms with Gasteiger partial charge < -0.3 is 15.2 Å². The Labute approximate surface area is 117 Å². The topological polar surface area (TPSA) is 68.2 Å². The molecule has 2 aromatic heterocycles. The Morgan fingerprint density at radius 1 is 1.37 bits per heavy atom. The Morgan fingerprint density at radius 3 is 2.95 bits per heavy atom. The Hall–Kier alpha value is -1.24. The van der Waals surface area contributed by atoms with Gasteiger partial charge in [-0.25, -0.2) is 0 Å². The van der Waals surface area contributed by atoms with Crippen LogP contribution in [0.3, 0.4) is 0 Å². The summed E-state index contributed by atoms with van der Waals surface area (Å²) < 4.78 is 5.26. The SMILES string of the molecule is CN(CCCN)CCCc1nc(-c2cccs2)no1. The fourth-order valence-electron chi connectivity index (χ4n) is 1.84. The number of aromatic nitrogens is 2. The summed E-state index contributed by atoms with van der Waals surface area (Å²) in [7, 11) is 2.11. The van der Waals surface area contributed by atoms with E-state index in [4.69, 9.17) is 10.3 Å². The molecule has 0 bridgehead atoms. The highest BCUT2D eigenvalue weighted by Crippen LogP contribution is 2.21. The van der Waals surface area contributed by atoms with Crippen LogP contribution in [0.5, 0.6) is 0 Å². The summed E-state index contributed by atoms with van der Waals surface area (Å²) in [6.45, 7) is 2.82. The van der Waals surface area contributed by atoms with Crippen molar-refractivity contribution in [3.8, 4) is 10.7 Å². The summed E-state index contributed by atoms with van der Waals surface area (Å²) in [4.78, 5) is 7.74. The molecule has 0 saturated heterocycles. The molecular weight excluding hydrogens is 260 g/mol. The van der Waals surface area contributed by atoms with Gasteiger partial charge in [-0.2, -0.15) is 4.98 Å². The lowest BCUT2D eigenvalue weighted by atomic mass is 10.3. The minimum absolute atomic E-state index is 0.696. The average molecular weight is 280 g/mol. The predicted octanol–water partition coefficient (Wildman–Crippen LogP) is 2.01. The lowest BCUT2D eigenvalue weighted by molar-refractivity contribution is 0.314. The Kier molecular flexibility index (Phi) is 5.50. The maximum Gasteiger partial charge on any atom is 0.227 e. The second-order valence-electron chi connectivity index (χ2n) is 4.54. The molecule has 0 aliphatic heterocycles. The van der Waals surface area contributed by atoms with Crippen LogP contribution in [0.2, 0.25) is 0 Å². The van der Waals surface area contributed by atoms with Crippen molar-refractivity contribution in [3.05, 3.63) is 23.4 Å². The van der Waals surface area contributed by atoms with Gasteiger partial charge in [-0.1, -0.05) is 11.2 Å². The number of hydrogen-bond acceptors (Lipinski definition) is 6. The summed E-state index contributed by atoms with van der Waals surface area (Å²) in [5, 5.41) is 6.01. The predicted molar refractivity (Wildman–Crippen MR) is 77.1 cm³/mol. The first-order chi connectivity index (χ1) is 9.29. The highest BCUT2D eigenvalue weighted by Gasteiger charge is 2.09. The number of nitrogens with two attached hydrogens (primary N) is 1. The lowest BCUT2D eigenvalue weighted by Gasteiger charge is -2.14. The van der Waals surface area contributed by atoms with E-state index in [2.05, 4.69) is 22.1 Å². The minimum atomic E-state index is 0.696. The number of rotatable bonds is 8. The highest BCUT2D eigenvalue weighted by atomic mass is 32.1. The highest BCUT2D eigenvalue weighted by molar-refractivity contribution is 7.13. The molecular formula is C13H20N4OS. The molecule has 0 aliphatic carbocycles. The van der Waals surface area contributed by atoms with Gasteiger partial charge in [0.25, 0.3) is 0 Å². The van der Waals surface area contributed by atoms with Gasteiger partial charge in [-0.3, -0.25) is 0 Å². The molecule has 2 N–H and O–H groups in total. The monoisotopic (exact) mass is 280 g/mol. The number of nitrogens with zero attached hydrogens (tertiary/aromatic N) is 3. The molecule has 2 heterocycles. The van der Waals surface area contributed by atoms with E-state index in [1.165, 1.54) is 0 Å². The standard InChI is InChI=1S/C13H20N4OS/c1-17(9-4-7-14)8-2-6-12-15-13(16-18-12)11-5-3-10-19-11/h3,5,10H,2,4,6-9,14H2,1H3. The fraction of sp³-hybridized carbons (Fsp3) is 0.538. The van der Waals surface area contributed by atoms with Crippen LogP contribution in [-0.2, 0) is 6.42 Å². The third-order valence-corrected chi connectivity index (χ3v) is 3.75. The zero-order valence-electron chi connectivity index (χ0n) is 11.2. The second kappa shape index (κ2) is 7.37. The zero-order valence-corrected chi connectivity index (χ0v) is 12.0. The molecule has 0 radical (unpaired) electrons. The molecule has 0 fully saturated rings. The van der Waals surface area contributed by atoms with Crippen molar-refractivity contribution in [1.82, 2.24) is 15.0 Å². The molecule has 0 aromatic carbocycles. The molecule has 0 unspecified atom stereocenters. The zero-order chi connectivity index (χ0) is 13.5. The van der Waals surface area contributed by atoms with Gasteiger partial charge in [0, 0.05) is 6.42 Å². The molecule has 2 rings (SSSR count). The molecule has 5 nitrogen and oxygen atoms in total. The van der Waals surface area contributed by atoms with Gasteiger partial charge in [0.1, 0.15) is 0 Å². The average Bonchev–Trinajstić information content (AvgIpc) is 3.06. The summed E-state index contributed by atoms with van der Waals surface area (Å²) >= 11 is 1.62. The summed E-state index contributed by atoms with van der Waals surface area (Å²) in [5.74, 6) is 1.41. The van der Waals surface area contributed by atoms with Gasteiger partial charge in [0.2, 0.25) is 11.7 Å². The normalized spacial score (nSPS) is 11.3. The Bertz CT molecular complexity index is 469. The van der Waals surface area contributed by atoms with E-state index >= 15 is 0 Å². The van der Waals surface area contributed by atoms with Crippen molar-refractivity contribution < 1.29 is 4.52 Å². The Balaban J connectivity index is 1.75. The van der Waals surface area contributed by atoms with Crippen molar-refractivity contribution in [1.29, 1.82) is 0 Å². The van der Waals surface area contributed by atoms with Crippen LogP contribution in [0, 0.1) is 0 Å². The van der Waals surface area contributed by atoms with Gasteiger partial charge in [-0.15, -0.1) is 11.3 Å². The van der Waals surface area contributed by atoms with Crippen LogP contribution < -0.4 is 5.73 Å². The number of thiophene rings is 1. The molecule has 6 heteroatoms. The van der Waals surface area contributed by atoms with Gasteiger partial charge >= 0.3 is 0 Å². The first-order valence-electron chi connectivity index (χ1n) is 6.54. The van der Waals surface area contributed by atoms with Crippen molar-refractivity contribution in [2.45, 2.75) is 19.3 Å². The van der Waals surface area contributed by atoms with Crippen LogP contribution in [0.25, 0.3) is 10.7 Å². The lowest BCUT2D eigenvalue weighted by Crippen LogP contribution is -2.23. The van der Waals surface area contributed by atoms with Gasteiger partial charge in [0.15, 0.2) is 0 Å². The van der Waals surface area contributed by atoms with Crippen LogP contribution in [0.15, 0.2) is 22.0 Å². The van der Waals surface area contributed by atoms with E-state index in [0.717, 1.165) is 49.7 Å². The van der Waals surface area contributed by atoms with Crippen molar-refractivity contribution in [2.24, 2.45) is 5.73 Å². The van der Waals surface area contributed by atoms with E-state index in [9.17, 15) is 0 Å². The third kappa shape index (κ3) is 4.41. The molecule has 0 aliphatic rings. The largest absolute Gasteiger partial charge is 0.339 e. The van der Waals surface area contributed by atoms with Crippen LogP contribution in [0.4, 0.5) is 0 Å². The maximum absolute atomic E-state index is 5.49. The summed E-state index contributed by atoms with van der Waals surface area (Å²) in [6, 6.07) is 3.99. The van der Waals surface area contributed by atoms with E-state index in [1.807, 2.05) is 17.5 Å². The van der Waals surface area contributed by atoms with Crippen LogP contribution >= 0.6 is 11.3 Å². The molecule has 0 saturated carbocycles. The molecule has 19 heavy (non-hydrogen) atoms. The quantitative estimate of drug-likeness (QED) is 0.801. The van der Waals surface area contributed by atoms with Crippen molar-refractivity contribution >= 4 is 11.3 Å². The third-order valence-electron chi connectivity index (χ3n) is 2.88. The first-order valence-corrected chi connectivity index (χ1v) is 7.42. The maximum atomic E-state index is 5.49. The summed E-state index contributed by atoms with van der Waals surface area (Å²) in [5.41, 5.74) is 5.49. The fourth-order valence-corrected chi connectivity index (χ4v) is 2.48. The molecule has 104 valence electrons. The van der Waals surface area contributed by atoms with E-state index in [-0.39, 0.29) is 0 Å². The second-order valence-corrected chi connectivity index (χ2v) is 5.49. The first kappa shape index (κ1) is 14.2. The number of aryl methyl sites for hydroxylation is 1. The van der Waals surface area contributed by atoms with E-state index < -0.39 is 0 Å². The van der Waals surface area contributed by atoms with Gasteiger partial charge in [-0.05, 0) is 51.0 Å². The molecule has 0 atom stereocenters. The van der Waals surface area contributed by atoms with Crippen LogP contribution in [0.1, 0.15) is 18.7 Å². The van der Waals surface area contributed by atoms with E-state index in [0.29, 0.717) is 5.82 Å². The molecule has 2 aromatic rings.